The highest BCUT2D eigenvalue weighted by molar-refractivity contribution is 7.89. The van der Waals surface area contributed by atoms with Crippen LogP contribution in [0.5, 0.6) is 0 Å². The van der Waals surface area contributed by atoms with Crippen molar-refractivity contribution in [3.63, 3.8) is 0 Å². The molecule has 7 rings (SSSR count). The zero-order valence-electron chi connectivity index (χ0n) is 21.3. The van der Waals surface area contributed by atoms with Crippen LogP contribution in [0.3, 0.4) is 0 Å². The number of sulfonamides is 1. The molecule has 0 saturated carbocycles. The lowest BCUT2D eigenvalue weighted by Crippen LogP contribution is -2.26. The summed E-state index contributed by atoms with van der Waals surface area (Å²) in [6, 6.07) is 25.6. The van der Waals surface area contributed by atoms with Gasteiger partial charge in [0.25, 0.3) is 0 Å². The Balaban J connectivity index is 1.49. The minimum atomic E-state index is -3.77. The van der Waals surface area contributed by atoms with Crippen molar-refractivity contribution in [2.24, 2.45) is 0 Å². The van der Waals surface area contributed by atoms with Crippen molar-refractivity contribution in [3.05, 3.63) is 123 Å². The maximum absolute atomic E-state index is 13.8. The summed E-state index contributed by atoms with van der Waals surface area (Å²) in [4.78, 5) is 13.7. The number of hydrogen-bond acceptors (Lipinski definition) is 4. The number of ether oxygens (including phenoxy) is 1. The number of fused-ring (bicyclic) bond motifs is 9. The Kier molecular flexibility index (Phi) is 5.16. The summed E-state index contributed by atoms with van der Waals surface area (Å²) in [5.41, 5.74) is 10.1. The largest absolute Gasteiger partial charge is 0.465 e. The van der Waals surface area contributed by atoms with Crippen LogP contribution in [0, 0.1) is 6.92 Å². The second-order valence-corrected chi connectivity index (χ2v) is 12.4. The molecule has 3 aliphatic rings. The van der Waals surface area contributed by atoms with Gasteiger partial charge in [-0.15, -0.1) is 0 Å². The molecular weight excluding hydrogens is 494 g/mol. The monoisotopic (exact) mass is 521 g/mol. The van der Waals surface area contributed by atoms with Gasteiger partial charge in [0.05, 0.1) is 17.6 Å². The Morgan fingerprint density at radius 3 is 2.08 bits per heavy atom. The Labute approximate surface area is 222 Å². The molecule has 4 aromatic carbocycles. The predicted octanol–water partition coefficient (Wildman–Crippen LogP) is 6.13. The molecule has 38 heavy (non-hydrogen) atoms. The summed E-state index contributed by atoms with van der Waals surface area (Å²) in [7, 11) is -2.36. The van der Waals surface area contributed by atoms with E-state index in [4.69, 9.17) is 4.74 Å². The normalized spacial score (nSPS) is 19.2. The van der Waals surface area contributed by atoms with E-state index in [1.807, 2.05) is 37.3 Å². The van der Waals surface area contributed by atoms with E-state index in [0.717, 1.165) is 45.4 Å². The van der Waals surface area contributed by atoms with E-state index in [1.165, 1.54) is 22.5 Å². The number of rotatable bonds is 4. The minimum Gasteiger partial charge on any atom is -0.465 e. The number of nitrogens with zero attached hydrogens (tertiary/aromatic N) is 1. The lowest BCUT2D eigenvalue weighted by Gasteiger charge is -2.27. The van der Waals surface area contributed by atoms with Gasteiger partial charge in [0.2, 0.25) is 10.0 Å². The summed E-state index contributed by atoms with van der Waals surface area (Å²) >= 11 is 0. The van der Waals surface area contributed by atoms with E-state index in [9.17, 15) is 13.2 Å². The Morgan fingerprint density at radius 2 is 1.42 bits per heavy atom. The molecule has 0 amide bonds. The molecule has 0 radical (unpaired) electrons. The van der Waals surface area contributed by atoms with E-state index >= 15 is 0 Å². The molecule has 2 unspecified atom stereocenters. The second-order valence-electron chi connectivity index (χ2n) is 10.4. The first kappa shape index (κ1) is 23.4. The number of methoxy groups -OCH3 is 1. The third-order valence-corrected chi connectivity index (χ3v) is 10.3. The minimum absolute atomic E-state index is 0.0933. The zero-order valence-corrected chi connectivity index (χ0v) is 22.1. The van der Waals surface area contributed by atoms with Crippen molar-refractivity contribution in [2.75, 3.05) is 7.11 Å². The van der Waals surface area contributed by atoms with Crippen LogP contribution >= 0.6 is 0 Å². The maximum atomic E-state index is 13.8. The van der Waals surface area contributed by atoms with Gasteiger partial charge in [0, 0.05) is 24.9 Å². The van der Waals surface area contributed by atoms with Gasteiger partial charge in [0.15, 0.2) is 0 Å². The van der Waals surface area contributed by atoms with E-state index in [1.54, 1.807) is 12.1 Å². The standard InChI is InChI=1S/C32H27NO4S/c1-19-12-14-21(15-13-19)38(35,36)33-17-26-27(18-33)31(32(34)37-2)30-25-16-24(22-10-6-7-11-23(22)25)29(30)28(26)20-8-4-3-5-9-20/h3-15,24-25H,16-18H2,1-2H3. The van der Waals surface area contributed by atoms with Crippen molar-refractivity contribution in [1.82, 2.24) is 4.31 Å². The van der Waals surface area contributed by atoms with Crippen molar-refractivity contribution < 1.29 is 17.9 Å². The van der Waals surface area contributed by atoms with Crippen LogP contribution in [0.2, 0.25) is 0 Å². The Morgan fingerprint density at radius 1 is 0.816 bits per heavy atom. The number of esters is 1. The third-order valence-electron chi connectivity index (χ3n) is 8.49. The van der Waals surface area contributed by atoms with Gasteiger partial charge in [-0.3, -0.25) is 0 Å². The highest BCUT2D eigenvalue weighted by Gasteiger charge is 2.48. The molecule has 0 aromatic heterocycles. The zero-order chi connectivity index (χ0) is 26.2. The molecule has 0 spiro atoms. The van der Waals surface area contributed by atoms with Gasteiger partial charge < -0.3 is 4.74 Å². The van der Waals surface area contributed by atoms with Crippen molar-refractivity contribution in [3.8, 4) is 11.1 Å². The molecule has 0 N–H and O–H groups in total. The molecule has 1 heterocycles. The highest BCUT2D eigenvalue weighted by Crippen LogP contribution is 2.61. The predicted molar refractivity (Wildman–Crippen MR) is 146 cm³/mol. The number of carbonyl (C=O) groups excluding carboxylic acids is 1. The summed E-state index contributed by atoms with van der Waals surface area (Å²) < 4.78 is 34.4. The number of benzene rings is 4. The fourth-order valence-electron chi connectivity index (χ4n) is 6.86. The van der Waals surface area contributed by atoms with Crippen LogP contribution in [-0.4, -0.2) is 25.8 Å². The molecule has 190 valence electrons. The van der Waals surface area contributed by atoms with E-state index in [-0.39, 0.29) is 29.8 Å². The summed E-state index contributed by atoms with van der Waals surface area (Å²) in [5, 5.41) is 0. The van der Waals surface area contributed by atoms with Crippen molar-refractivity contribution >= 4 is 16.0 Å². The molecule has 1 aliphatic heterocycles. The smallest absolute Gasteiger partial charge is 0.338 e. The van der Waals surface area contributed by atoms with E-state index in [2.05, 4.69) is 36.4 Å². The van der Waals surface area contributed by atoms with Crippen molar-refractivity contribution in [1.29, 1.82) is 0 Å². The molecule has 0 saturated heterocycles. The van der Waals surface area contributed by atoms with E-state index < -0.39 is 16.0 Å². The number of aryl methyl sites for hydroxylation is 1. The highest BCUT2D eigenvalue weighted by atomic mass is 32.2. The van der Waals surface area contributed by atoms with Crippen LogP contribution in [-0.2, 0) is 27.8 Å². The first-order valence-corrected chi connectivity index (χ1v) is 14.3. The Bertz CT molecular complexity index is 1730. The van der Waals surface area contributed by atoms with Crippen molar-refractivity contribution in [2.45, 2.75) is 43.2 Å². The van der Waals surface area contributed by atoms with Crippen LogP contribution in [0.15, 0.2) is 83.8 Å². The van der Waals surface area contributed by atoms with Gasteiger partial charge in [-0.2, -0.15) is 4.31 Å². The average Bonchev–Trinajstić information content (AvgIpc) is 3.65. The van der Waals surface area contributed by atoms with Crippen LogP contribution in [0.4, 0.5) is 0 Å². The third kappa shape index (κ3) is 3.20. The van der Waals surface area contributed by atoms with Gasteiger partial charge in [-0.05, 0) is 70.0 Å². The first-order valence-electron chi connectivity index (χ1n) is 12.9. The second kappa shape index (κ2) is 8.38. The molecule has 2 atom stereocenters. The van der Waals surface area contributed by atoms with Gasteiger partial charge in [-0.1, -0.05) is 72.3 Å². The average molecular weight is 522 g/mol. The molecule has 2 bridgehead atoms. The lowest BCUT2D eigenvalue weighted by molar-refractivity contribution is 0.0597. The van der Waals surface area contributed by atoms with Crippen LogP contribution in [0.25, 0.3) is 11.1 Å². The SMILES string of the molecule is COC(=O)c1c2c(c(-c3ccccc3)c3c1C1CC3c3ccccc31)CN(S(=O)(=O)c1ccc(C)cc1)C2. The quantitative estimate of drug-likeness (QED) is 0.303. The lowest BCUT2D eigenvalue weighted by atomic mass is 9.76. The van der Waals surface area contributed by atoms with Gasteiger partial charge >= 0.3 is 5.97 Å². The van der Waals surface area contributed by atoms with Gasteiger partial charge in [-0.25, -0.2) is 13.2 Å². The first-order chi connectivity index (χ1) is 18.4. The maximum Gasteiger partial charge on any atom is 0.338 e. The molecule has 2 aliphatic carbocycles. The topological polar surface area (TPSA) is 63.7 Å². The molecule has 4 aromatic rings. The van der Waals surface area contributed by atoms with E-state index in [0.29, 0.717) is 5.56 Å². The Hall–Kier alpha value is -3.74. The fourth-order valence-corrected chi connectivity index (χ4v) is 8.23. The number of hydrogen-bond donors (Lipinski definition) is 0. The van der Waals surface area contributed by atoms with Gasteiger partial charge in [0.1, 0.15) is 0 Å². The van der Waals surface area contributed by atoms with Crippen LogP contribution in [0.1, 0.15) is 67.6 Å². The molecule has 5 nitrogen and oxygen atoms in total. The molecular formula is C32H27NO4S. The molecule has 0 fully saturated rings. The summed E-state index contributed by atoms with van der Waals surface area (Å²) in [6.45, 7) is 2.29. The summed E-state index contributed by atoms with van der Waals surface area (Å²) in [6.07, 6.45) is 0.923. The number of carbonyl (C=O) groups is 1. The summed E-state index contributed by atoms with van der Waals surface area (Å²) in [5.74, 6) is -0.134. The molecule has 6 heteroatoms. The fraction of sp³-hybridized carbons (Fsp3) is 0.219. The van der Waals surface area contributed by atoms with Crippen LogP contribution < -0.4 is 0 Å².